The molecule has 0 aliphatic carbocycles. The van der Waals surface area contributed by atoms with Crippen LogP contribution in [-0.4, -0.2) is 22.8 Å². The summed E-state index contributed by atoms with van der Waals surface area (Å²) < 4.78 is 19.9. The molecular weight excluding hydrogens is 356 g/mol. The molecule has 0 spiro atoms. The lowest BCUT2D eigenvalue weighted by molar-refractivity contribution is -0.129. The van der Waals surface area contributed by atoms with Crippen molar-refractivity contribution in [2.45, 2.75) is 35.2 Å². The average Bonchev–Trinajstić information content (AvgIpc) is 3.00. The maximum absolute atomic E-state index is 12.6. The summed E-state index contributed by atoms with van der Waals surface area (Å²) in [6, 6.07) is 15.1. The summed E-state index contributed by atoms with van der Waals surface area (Å²) in [7, 11) is -1.22. The molecule has 0 saturated carbocycles. The quantitative estimate of drug-likeness (QED) is 0.832. The zero-order valence-electron chi connectivity index (χ0n) is 13.5. The van der Waals surface area contributed by atoms with Crippen LogP contribution >= 0.6 is 11.9 Å². The molecule has 2 atom stereocenters. The first-order valence-corrected chi connectivity index (χ1v) is 10.1. The van der Waals surface area contributed by atoms with Crippen LogP contribution in [0, 0.1) is 0 Å². The Bertz CT molecular complexity index is 804. The number of hydrogen-bond donors (Lipinski definition) is 1. The third-order valence-corrected chi connectivity index (χ3v) is 7.12. The molecule has 2 heterocycles. The second-order valence-corrected chi connectivity index (χ2v) is 8.46. The summed E-state index contributed by atoms with van der Waals surface area (Å²) in [6.45, 7) is 0.648. The number of carbonyl (C=O) groups excluding carboxylic acids is 1. The van der Waals surface area contributed by atoms with Gasteiger partial charge in [-0.3, -0.25) is 4.79 Å². The highest BCUT2D eigenvalue weighted by Gasteiger charge is 2.28. The third-order valence-electron chi connectivity index (χ3n) is 4.19. The number of fused-ring (bicyclic) bond motifs is 1. The summed E-state index contributed by atoms with van der Waals surface area (Å²) in [5.41, 5.74) is 1.56. The fraction of sp³-hybridized carbons (Fsp3) is 0.278. The van der Waals surface area contributed by atoms with Gasteiger partial charge in [-0.1, -0.05) is 12.1 Å². The van der Waals surface area contributed by atoms with Crippen molar-refractivity contribution in [3.63, 3.8) is 0 Å². The van der Waals surface area contributed by atoms with Gasteiger partial charge in [0.15, 0.2) is 11.0 Å². The van der Waals surface area contributed by atoms with Crippen molar-refractivity contribution in [2.75, 3.05) is 15.6 Å². The van der Waals surface area contributed by atoms with E-state index < -0.39 is 11.0 Å². The molecule has 25 heavy (non-hydrogen) atoms. The molecule has 2 unspecified atom stereocenters. The molecule has 2 aliphatic heterocycles. The lowest BCUT2D eigenvalue weighted by Gasteiger charge is -2.21. The van der Waals surface area contributed by atoms with Crippen molar-refractivity contribution in [1.29, 1.82) is 0 Å². The molecule has 4 rings (SSSR count). The van der Waals surface area contributed by atoms with E-state index in [0.29, 0.717) is 6.61 Å². The first-order chi connectivity index (χ1) is 12.2. The molecule has 2 aliphatic rings. The van der Waals surface area contributed by atoms with E-state index >= 15 is 0 Å². The summed E-state index contributed by atoms with van der Waals surface area (Å²) in [5, 5.41) is 2.89. The number of nitrogens with one attached hydrogen (secondary N) is 1. The first-order valence-electron chi connectivity index (χ1n) is 8.24. The highest BCUT2D eigenvalue weighted by atomic mass is 32.2. The maximum Gasteiger partial charge on any atom is 0.253 e. The van der Waals surface area contributed by atoms with Gasteiger partial charge in [0.1, 0.15) is 6.10 Å². The van der Waals surface area contributed by atoms with Crippen molar-refractivity contribution in [1.82, 2.24) is 0 Å². The molecule has 1 fully saturated rings. The fourth-order valence-corrected chi connectivity index (χ4v) is 5.58. The van der Waals surface area contributed by atoms with Crippen molar-refractivity contribution in [3.8, 4) is 0 Å². The Morgan fingerprint density at radius 3 is 2.68 bits per heavy atom. The number of rotatable bonds is 3. The Balaban J connectivity index is 1.44. The van der Waals surface area contributed by atoms with Crippen LogP contribution in [0.1, 0.15) is 19.3 Å². The maximum atomic E-state index is 12.6. The topological polar surface area (TPSA) is 58.6 Å². The lowest BCUT2D eigenvalue weighted by atomic mass is 10.1. The zero-order chi connectivity index (χ0) is 17.2. The van der Waals surface area contributed by atoms with Gasteiger partial charge >= 0.3 is 0 Å². The van der Waals surface area contributed by atoms with Crippen LogP contribution in [0.25, 0.3) is 0 Å². The van der Waals surface area contributed by atoms with Crippen LogP contribution in [0.15, 0.2) is 58.3 Å². The largest absolute Gasteiger partial charge is 0.368 e. The zero-order valence-corrected chi connectivity index (χ0v) is 15.1. The number of hydrogen-bond acceptors (Lipinski definition) is 4. The molecule has 1 amide bonds. The van der Waals surface area contributed by atoms with Gasteiger partial charge in [-0.2, -0.15) is 0 Å². The average molecular weight is 374 g/mol. The Kier molecular flexibility index (Phi) is 4.78. The molecule has 5 nitrogen and oxygen atoms in total. The Labute approximate surface area is 153 Å². The van der Waals surface area contributed by atoms with Gasteiger partial charge in [0.05, 0.1) is 10.6 Å². The van der Waals surface area contributed by atoms with Crippen LogP contribution in [0.5, 0.6) is 0 Å². The summed E-state index contributed by atoms with van der Waals surface area (Å²) >= 11 is 1.47. The van der Waals surface area contributed by atoms with E-state index in [4.69, 9.17) is 4.74 Å². The van der Waals surface area contributed by atoms with Crippen LogP contribution in [0.4, 0.5) is 11.4 Å². The Morgan fingerprint density at radius 1 is 1.16 bits per heavy atom. The Morgan fingerprint density at radius 2 is 1.96 bits per heavy atom. The molecule has 2 aromatic rings. The summed E-state index contributed by atoms with van der Waals surface area (Å²) in [5.74, 6) is -0.0982. The molecule has 2 aromatic carbocycles. The van der Waals surface area contributed by atoms with E-state index in [0.717, 1.165) is 40.4 Å². The minimum absolute atomic E-state index is 0.0982. The summed E-state index contributed by atoms with van der Waals surface area (Å²) in [6.07, 6.45) is 2.46. The number of amides is 1. The van der Waals surface area contributed by atoms with Crippen molar-refractivity contribution >= 4 is 40.2 Å². The van der Waals surface area contributed by atoms with Gasteiger partial charge in [-0.15, -0.1) is 0 Å². The van der Waals surface area contributed by atoms with Gasteiger partial charge in [-0.25, -0.2) is 7.92 Å². The number of nitrogens with zero attached hydrogens (tertiary/aromatic N) is 1. The van der Waals surface area contributed by atoms with E-state index in [1.54, 1.807) is 3.71 Å². The van der Waals surface area contributed by atoms with Gasteiger partial charge in [0, 0.05) is 29.1 Å². The number of carbonyl (C=O) groups is 1. The van der Waals surface area contributed by atoms with Crippen LogP contribution in [0.2, 0.25) is 0 Å². The van der Waals surface area contributed by atoms with Crippen molar-refractivity contribution < 1.29 is 13.7 Å². The lowest BCUT2D eigenvalue weighted by Crippen LogP contribution is -2.33. The molecule has 1 N–H and O–H groups in total. The van der Waals surface area contributed by atoms with Gasteiger partial charge in [-0.05, 0) is 55.7 Å². The second kappa shape index (κ2) is 7.19. The smallest absolute Gasteiger partial charge is 0.253 e. The molecule has 130 valence electrons. The van der Waals surface area contributed by atoms with E-state index in [-0.39, 0.29) is 12.0 Å². The second-order valence-electron chi connectivity index (χ2n) is 5.94. The monoisotopic (exact) mass is 374 g/mol. The minimum atomic E-state index is -1.22. The molecule has 0 radical (unpaired) electrons. The fourth-order valence-electron chi connectivity index (χ4n) is 2.87. The normalized spacial score (nSPS) is 22.5. The van der Waals surface area contributed by atoms with Crippen molar-refractivity contribution in [3.05, 3.63) is 48.5 Å². The highest BCUT2D eigenvalue weighted by molar-refractivity contribution is 8.14. The number of ether oxygens (including phenoxy) is 1. The highest BCUT2D eigenvalue weighted by Crippen LogP contribution is 2.42. The van der Waals surface area contributed by atoms with Gasteiger partial charge < -0.3 is 10.1 Å². The van der Waals surface area contributed by atoms with Crippen LogP contribution in [0.3, 0.4) is 0 Å². The van der Waals surface area contributed by atoms with Gasteiger partial charge in [0.2, 0.25) is 0 Å². The van der Waals surface area contributed by atoms with E-state index in [1.165, 1.54) is 11.9 Å². The summed E-state index contributed by atoms with van der Waals surface area (Å²) in [4.78, 5) is 14.0. The van der Waals surface area contributed by atoms with Crippen molar-refractivity contribution in [2.24, 2.45) is 0 Å². The molecule has 1 saturated heterocycles. The van der Waals surface area contributed by atoms with E-state index in [1.807, 2.05) is 48.5 Å². The van der Waals surface area contributed by atoms with Gasteiger partial charge in [0.25, 0.3) is 5.91 Å². The van der Waals surface area contributed by atoms with Crippen LogP contribution < -0.4 is 9.03 Å². The first kappa shape index (κ1) is 16.6. The number of benzene rings is 2. The van der Waals surface area contributed by atoms with E-state index in [9.17, 15) is 9.00 Å². The minimum Gasteiger partial charge on any atom is -0.368 e. The molecule has 0 bridgehead atoms. The molecular formula is C18H18N2O3S2. The molecule has 7 heteroatoms. The van der Waals surface area contributed by atoms with Crippen LogP contribution in [-0.2, 0) is 20.5 Å². The predicted molar refractivity (Wildman–Crippen MR) is 99.8 cm³/mol. The molecule has 0 aromatic heterocycles. The standard InChI is InChI=1S/C18H18N2O3S2/c21-18(15-5-3-4-12-23-15)19-13-8-10-14(11-9-13)20-24-16-6-1-2-7-17(16)25(20)22/h1-2,6-11,15H,3-5,12H2,(H,19,21). The SMILES string of the molecule is O=C(Nc1ccc(N2Sc3ccccc3S2=O)cc1)C1CCCCO1. The van der Waals surface area contributed by atoms with E-state index in [2.05, 4.69) is 5.32 Å². The Hall–Kier alpha value is -1.83. The predicted octanol–water partition coefficient (Wildman–Crippen LogP) is 3.74. The third kappa shape index (κ3) is 3.44. The number of anilines is 2.